The van der Waals surface area contributed by atoms with Crippen LogP contribution in [0.3, 0.4) is 0 Å². The Balaban J connectivity index is 1.85. The molecule has 7 heteroatoms. The predicted octanol–water partition coefficient (Wildman–Crippen LogP) is 4.00. The normalized spacial score (nSPS) is 11.8. The van der Waals surface area contributed by atoms with E-state index >= 15 is 0 Å². The van der Waals surface area contributed by atoms with Gasteiger partial charge in [0.05, 0.1) is 11.4 Å². The lowest BCUT2D eigenvalue weighted by atomic mass is 9.99. The summed E-state index contributed by atoms with van der Waals surface area (Å²) < 4.78 is 5.17. The summed E-state index contributed by atoms with van der Waals surface area (Å²) in [5.41, 5.74) is 1.29. The van der Waals surface area contributed by atoms with Crippen LogP contribution in [0.1, 0.15) is 54.9 Å². The molecule has 0 radical (unpaired) electrons. The second-order valence-electron chi connectivity index (χ2n) is 6.45. The number of amides is 1. The highest BCUT2D eigenvalue weighted by atomic mass is 32.1. The molecule has 0 fully saturated rings. The number of pyridine rings is 1. The number of unbranched alkanes of at least 4 members (excludes halogenated alkanes) is 1. The van der Waals surface area contributed by atoms with Gasteiger partial charge in [0.15, 0.2) is 6.61 Å². The number of hydrogen-bond acceptors (Lipinski definition) is 6. The van der Waals surface area contributed by atoms with Crippen LogP contribution in [0.2, 0.25) is 0 Å². The Morgan fingerprint density at radius 3 is 2.78 bits per heavy atom. The van der Waals surface area contributed by atoms with Crippen LogP contribution in [0.15, 0.2) is 24.4 Å². The largest absolute Gasteiger partial charge is 0.451 e. The zero-order valence-corrected chi connectivity index (χ0v) is 17.0. The molecule has 1 N–H and O–H groups in total. The van der Waals surface area contributed by atoms with Gasteiger partial charge in [-0.1, -0.05) is 39.2 Å². The molecule has 1 amide bonds. The van der Waals surface area contributed by atoms with Crippen molar-refractivity contribution < 1.29 is 14.3 Å². The molecule has 0 spiro atoms. The van der Waals surface area contributed by atoms with Gasteiger partial charge in [0, 0.05) is 12.7 Å². The molecule has 0 aromatic carbocycles. The smallest absolute Gasteiger partial charge is 0.350 e. The quantitative estimate of drug-likeness (QED) is 0.621. The Bertz CT molecular complexity index is 746. The van der Waals surface area contributed by atoms with Crippen molar-refractivity contribution in [1.82, 2.24) is 15.3 Å². The third-order valence-electron chi connectivity index (χ3n) is 4.33. The van der Waals surface area contributed by atoms with E-state index in [1.54, 1.807) is 13.1 Å². The number of aromatic nitrogens is 2. The number of carbonyl (C=O) groups is 2. The second kappa shape index (κ2) is 10.8. The molecule has 2 aromatic rings. The minimum Gasteiger partial charge on any atom is -0.451 e. The Labute approximate surface area is 164 Å². The number of aryl methyl sites for hydroxylation is 1. The zero-order chi connectivity index (χ0) is 19.6. The van der Waals surface area contributed by atoms with Crippen molar-refractivity contribution in [3.8, 4) is 10.7 Å². The zero-order valence-electron chi connectivity index (χ0n) is 16.2. The van der Waals surface area contributed by atoms with Crippen molar-refractivity contribution in [2.45, 2.75) is 46.5 Å². The molecule has 2 rings (SSSR count). The van der Waals surface area contributed by atoms with E-state index < -0.39 is 5.97 Å². The van der Waals surface area contributed by atoms with Crippen LogP contribution >= 0.6 is 11.3 Å². The van der Waals surface area contributed by atoms with E-state index in [4.69, 9.17) is 4.74 Å². The maximum atomic E-state index is 12.3. The van der Waals surface area contributed by atoms with Gasteiger partial charge in [-0.25, -0.2) is 9.78 Å². The van der Waals surface area contributed by atoms with Crippen molar-refractivity contribution in [2.75, 3.05) is 13.2 Å². The van der Waals surface area contributed by atoms with Crippen molar-refractivity contribution in [2.24, 2.45) is 5.92 Å². The van der Waals surface area contributed by atoms with Crippen LogP contribution in [-0.4, -0.2) is 35.0 Å². The van der Waals surface area contributed by atoms with Gasteiger partial charge >= 0.3 is 5.97 Å². The van der Waals surface area contributed by atoms with Crippen molar-refractivity contribution in [1.29, 1.82) is 0 Å². The molecule has 0 aliphatic carbocycles. The first-order valence-electron chi connectivity index (χ1n) is 9.37. The fourth-order valence-electron chi connectivity index (χ4n) is 2.63. The lowest BCUT2D eigenvalue weighted by Gasteiger charge is -2.15. The third-order valence-corrected chi connectivity index (χ3v) is 5.49. The highest BCUT2D eigenvalue weighted by Crippen LogP contribution is 2.26. The number of esters is 1. The van der Waals surface area contributed by atoms with Gasteiger partial charge in [-0.15, -0.1) is 11.3 Å². The van der Waals surface area contributed by atoms with E-state index in [9.17, 15) is 9.59 Å². The molecule has 0 unspecified atom stereocenters. The van der Waals surface area contributed by atoms with E-state index in [0.29, 0.717) is 33.7 Å². The number of nitrogens with one attached hydrogen (secondary N) is 1. The lowest BCUT2D eigenvalue weighted by Crippen LogP contribution is -2.32. The van der Waals surface area contributed by atoms with Gasteiger partial charge in [0.25, 0.3) is 5.91 Å². The van der Waals surface area contributed by atoms with Crippen LogP contribution in [0, 0.1) is 12.8 Å². The number of ether oxygens (including phenoxy) is 1. The minimum atomic E-state index is -0.527. The molecule has 2 heterocycles. The van der Waals surface area contributed by atoms with Crippen molar-refractivity contribution in [3.05, 3.63) is 35.0 Å². The van der Waals surface area contributed by atoms with Gasteiger partial charge in [-0.05, 0) is 31.4 Å². The lowest BCUT2D eigenvalue weighted by molar-refractivity contribution is -0.124. The third kappa shape index (κ3) is 6.43. The predicted molar refractivity (Wildman–Crippen MR) is 107 cm³/mol. The van der Waals surface area contributed by atoms with Gasteiger partial charge in [0.2, 0.25) is 0 Å². The first-order valence-corrected chi connectivity index (χ1v) is 10.2. The Morgan fingerprint density at radius 2 is 2.11 bits per heavy atom. The first kappa shape index (κ1) is 21.0. The van der Waals surface area contributed by atoms with Crippen LogP contribution < -0.4 is 5.32 Å². The molecule has 0 bridgehead atoms. The summed E-state index contributed by atoms with van der Waals surface area (Å²) in [5, 5.41) is 3.52. The van der Waals surface area contributed by atoms with Crippen LogP contribution in [0.4, 0.5) is 0 Å². The summed E-state index contributed by atoms with van der Waals surface area (Å²) in [7, 11) is 0. The van der Waals surface area contributed by atoms with Gasteiger partial charge in [0.1, 0.15) is 9.88 Å². The minimum absolute atomic E-state index is 0.273. The molecule has 146 valence electrons. The highest BCUT2D eigenvalue weighted by molar-refractivity contribution is 7.17. The Hall–Kier alpha value is -2.28. The summed E-state index contributed by atoms with van der Waals surface area (Å²) in [6.45, 7) is 6.37. The number of rotatable bonds is 10. The average molecular weight is 390 g/mol. The SMILES string of the molecule is CCCC[C@H](CC)CNC(=O)COC(=O)c1sc(-c2ccccn2)nc1C. The van der Waals surface area contributed by atoms with E-state index in [1.807, 2.05) is 18.2 Å². The second-order valence-corrected chi connectivity index (χ2v) is 7.44. The topological polar surface area (TPSA) is 81.2 Å². The molecule has 1 atom stereocenters. The van der Waals surface area contributed by atoms with Gasteiger partial charge in [-0.3, -0.25) is 9.78 Å². The molecular formula is C20H27N3O3S. The molecule has 2 aromatic heterocycles. The maximum Gasteiger partial charge on any atom is 0.350 e. The summed E-state index contributed by atoms with van der Waals surface area (Å²) in [5.74, 6) is -0.333. The molecule has 6 nitrogen and oxygen atoms in total. The van der Waals surface area contributed by atoms with Crippen LogP contribution in [-0.2, 0) is 9.53 Å². The Kier molecular flexibility index (Phi) is 8.39. The van der Waals surface area contributed by atoms with Crippen LogP contribution in [0.25, 0.3) is 10.7 Å². The molecule has 0 saturated heterocycles. The molecule has 0 saturated carbocycles. The maximum absolute atomic E-state index is 12.3. The van der Waals surface area contributed by atoms with E-state index in [1.165, 1.54) is 11.3 Å². The first-order chi connectivity index (χ1) is 13.0. The van der Waals surface area contributed by atoms with E-state index in [-0.39, 0.29) is 12.5 Å². The number of carbonyl (C=O) groups excluding carboxylic acids is 2. The molecule has 27 heavy (non-hydrogen) atoms. The molecule has 0 aliphatic rings. The van der Waals surface area contributed by atoms with Gasteiger partial charge in [-0.2, -0.15) is 0 Å². The Morgan fingerprint density at radius 1 is 1.30 bits per heavy atom. The monoisotopic (exact) mass is 389 g/mol. The summed E-state index contributed by atoms with van der Waals surface area (Å²) in [6, 6.07) is 5.53. The fraction of sp³-hybridized carbons (Fsp3) is 0.500. The molecule has 0 aliphatic heterocycles. The van der Waals surface area contributed by atoms with E-state index in [0.717, 1.165) is 25.7 Å². The molecular weight excluding hydrogens is 362 g/mol. The van der Waals surface area contributed by atoms with Gasteiger partial charge < -0.3 is 10.1 Å². The van der Waals surface area contributed by atoms with Crippen LogP contribution in [0.5, 0.6) is 0 Å². The van der Waals surface area contributed by atoms with E-state index in [2.05, 4.69) is 29.1 Å². The summed E-state index contributed by atoms with van der Waals surface area (Å²) in [4.78, 5) is 33.3. The number of hydrogen-bond donors (Lipinski definition) is 1. The summed E-state index contributed by atoms with van der Waals surface area (Å²) in [6.07, 6.45) is 6.11. The standard InChI is InChI=1S/C20H27N3O3S/c1-4-6-9-15(5-2)12-22-17(24)13-26-20(25)18-14(3)23-19(27-18)16-10-7-8-11-21-16/h7-8,10-11,15H,4-6,9,12-13H2,1-3H3,(H,22,24)/t15-/m0/s1. The van der Waals surface area contributed by atoms with Crippen molar-refractivity contribution >= 4 is 23.2 Å². The highest BCUT2D eigenvalue weighted by Gasteiger charge is 2.19. The summed E-state index contributed by atoms with van der Waals surface area (Å²) >= 11 is 1.22. The fourth-order valence-corrected chi connectivity index (χ4v) is 3.57. The number of thiazole rings is 1. The number of nitrogens with zero attached hydrogens (tertiary/aromatic N) is 2. The van der Waals surface area contributed by atoms with Crippen molar-refractivity contribution in [3.63, 3.8) is 0 Å². The average Bonchev–Trinajstić information content (AvgIpc) is 3.08.